The molecule has 2 heterocycles. The van der Waals surface area contributed by atoms with E-state index in [0.29, 0.717) is 0 Å². The molecule has 0 fully saturated rings. The summed E-state index contributed by atoms with van der Waals surface area (Å²) in [4.78, 5) is 16.7. The maximum Gasteiger partial charge on any atom is 0.237 e. The van der Waals surface area contributed by atoms with Gasteiger partial charge in [0, 0.05) is 29.0 Å². The quantitative estimate of drug-likeness (QED) is 0.506. The predicted molar refractivity (Wildman–Crippen MR) is 116 cm³/mol. The molecule has 0 radical (unpaired) electrons. The summed E-state index contributed by atoms with van der Waals surface area (Å²) in [5, 5.41) is 12.1. The average Bonchev–Trinajstić information content (AvgIpc) is 3.07. The lowest BCUT2D eigenvalue weighted by Gasteiger charge is -2.14. The molecule has 1 aromatic carbocycles. The van der Waals surface area contributed by atoms with E-state index in [1.807, 2.05) is 44.2 Å². The van der Waals surface area contributed by atoms with E-state index in [1.165, 1.54) is 11.8 Å². The molecule has 3 aromatic rings. The molecule has 0 saturated carbocycles. The van der Waals surface area contributed by atoms with Gasteiger partial charge in [-0.25, -0.2) is 0 Å². The summed E-state index contributed by atoms with van der Waals surface area (Å²) in [5.74, 6) is 0.715. The Morgan fingerprint density at radius 2 is 2.00 bits per heavy atom. The molecule has 1 amide bonds. The Morgan fingerprint density at radius 1 is 1.25 bits per heavy atom. The maximum absolute atomic E-state index is 12.7. The number of aromatic nitrogens is 4. The fraction of sp³-hybridized carbons (Fsp3) is 0.300. The first kappa shape index (κ1) is 20.5. The molecule has 0 saturated heterocycles. The molecular formula is C20H22BrN5OS. The van der Waals surface area contributed by atoms with Crippen LogP contribution in [0.5, 0.6) is 0 Å². The predicted octanol–water partition coefficient (Wildman–Crippen LogP) is 4.94. The summed E-state index contributed by atoms with van der Waals surface area (Å²) in [6.07, 6.45) is 4.42. The highest BCUT2D eigenvalue weighted by atomic mass is 79.9. The number of rotatable bonds is 7. The zero-order valence-electron chi connectivity index (χ0n) is 16.0. The van der Waals surface area contributed by atoms with E-state index in [-0.39, 0.29) is 11.2 Å². The van der Waals surface area contributed by atoms with Gasteiger partial charge in [-0.1, -0.05) is 24.8 Å². The van der Waals surface area contributed by atoms with Gasteiger partial charge in [-0.3, -0.25) is 9.78 Å². The van der Waals surface area contributed by atoms with E-state index < -0.39 is 0 Å². The van der Waals surface area contributed by atoms with Crippen molar-refractivity contribution in [3.05, 3.63) is 52.8 Å². The molecule has 2 aromatic heterocycles. The highest BCUT2D eigenvalue weighted by molar-refractivity contribution is 9.10. The zero-order valence-corrected chi connectivity index (χ0v) is 18.4. The topological polar surface area (TPSA) is 72.7 Å². The molecule has 3 rings (SSSR count). The minimum Gasteiger partial charge on any atom is -0.324 e. The molecule has 1 N–H and O–H groups in total. The van der Waals surface area contributed by atoms with Crippen LogP contribution in [0.25, 0.3) is 11.4 Å². The third kappa shape index (κ3) is 4.80. The Bertz CT molecular complexity index is 960. The lowest BCUT2D eigenvalue weighted by Crippen LogP contribution is -2.23. The van der Waals surface area contributed by atoms with Crippen LogP contribution in [0.3, 0.4) is 0 Å². The number of carbonyl (C=O) groups is 1. The number of pyridine rings is 1. The van der Waals surface area contributed by atoms with Crippen molar-refractivity contribution in [3.8, 4) is 11.4 Å². The van der Waals surface area contributed by atoms with Crippen LogP contribution in [0, 0.1) is 6.92 Å². The van der Waals surface area contributed by atoms with E-state index in [0.717, 1.165) is 45.2 Å². The third-order valence-electron chi connectivity index (χ3n) is 4.14. The van der Waals surface area contributed by atoms with Crippen molar-refractivity contribution in [2.75, 3.05) is 5.32 Å². The van der Waals surface area contributed by atoms with Crippen LogP contribution in [-0.4, -0.2) is 30.9 Å². The highest BCUT2D eigenvalue weighted by Gasteiger charge is 2.21. The molecule has 1 atom stereocenters. The number of aryl methyl sites for hydroxylation is 1. The molecule has 0 spiro atoms. The van der Waals surface area contributed by atoms with Crippen molar-refractivity contribution in [1.29, 1.82) is 0 Å². The molecule has 146 valence electrons. The highest BCUT2D eigenvalue weighted by Crippen LogP contribution is 2.29. The van der Waals surface area contributed by atoms with Gasteiger partial charge in [0.15, 0.2) is 11.0 Å². The standard InChI is InChI=1S/C20H22BrN5OS/c1-4-11-26-18(15-7-9-22-10-8-15)24-25-20(26)28-14(3)19(27)23-17-6-5-13(2)12-16(17)21/h5-10,12,14H,4,11H2,1-3H3,(H,23,27). The monoisotopic (exact) mass is 459 g/mol. The van der Waals surface area contributed by atoms with Gasteiger partial charge >= 0.3 is 0 Å². The van der Waals surface area contributed by atoms with Gasteiger partial charge in [0.2, 0.25) is 5.91 Å². The normalized spacial score (nSPS) is 12.0. The Balaban J connectivity index is 1.77. The lowest BCUT2D eigenvalue weighted by atomic mass is 10.2. The van der Waals surface area contributed by atoms with E-state index in [1.54, 1.807) is 12.4 Å². The van der Waals surface area contributed by atoms with Gasteiger partial charge in [-0.05, 0) is 66.0 Å². The second kappa shape index (κ2) is 9.34. The number of carbonyl (C=O) groups excluding carboxylic acids is 1. The number of halogens is 1. The first-order chi connectivity index (χ1) is 13.5. The van der Waals surface area contributed by atoms with Crippen molar-refractivity contribution >= 4 is 39.3 Å². The third-order valence-corrected chi connectivity index (χ3v) is 5.87. The molecule has 0 aliphatic rings. The van der Waals surface area contributed by atoms with Crippen LogP contribution in [0.4, 0.5) is 5.69 Å². The molecule has 28 heavy (non-hydrogen) atoms. The Kier molecular flexibility index (Phi) is 6.85. The van der Waals surface area contributed by atoms with Crippen LogP contribution in [0.15, 0.2) is 52.4 Å². The van der Waals surface area contributed by atoms with Crippen molar-refractivity contribution in [3.63, 3.8) is 0 Å². The fourth-order valence-corrected chi connectivity index (χ4v) is 4.15. The van der Waals surface area contributed by atoms with Crippen molar-refractivity contribution < 1.29 is 4.79 Å². The summed E-state index contributed by atoms with van der Waals surface area (Å²) in [7, 11) is 0. The van der Waals surface area contributed by atoms with Gasteiger partial charge in [-0.2, -0.15) is 0 Å². The maximum atomic E-state index is 12.7. The number of thioether (sulfide) groups is 1. The minimum absolute atomic E-state index is 0.0777. The van der Waals surface area contributed by atoms with Gasteiger partial charge in [0.1, 0.15) is 0 Å². The summed E-state index contributed by atoms with van der Waals surface area (Å²) in [5.41, 5.74) is 2.85. The minimum atomic E-state index is -0.321. The van der Waals surface area contributed by atoms with Crippen molar-refractivity contribution in [2.24, 2.45) is 0 Å². The number of amides is 1. The van der Waals surface area contributed by atoms with Crippen LogP contribution in [0.1, 0.15) is 25.8 Å². The number of benzene rings is 1. The number of hydrogen-bond donors (Lipinski definition) is 1. The molecule has 0 bridgehead atoms. The van der Waals surface area contributed by atoms with Gasteiger partial charge in [-0.15, -0.1) is 10.2 Å². The number of nitrogens with zero attached hydrogens (tertiary/aromatic N) is 4. The summed E-state index contributed by atoms with van der Waals surface area (Å²) < 4.78 is 2.93. The Hall–Kier alpha value is -2.19. The van der Waals surface area contributed by atoms with Crippen LogP contribution in [-0.2, 0) is 11.3 Å². The van der Waals surface area contributed by atoms with Gasteiger partial charge in [0.25, 0.3) is 0 Å². The molecule has 8 heteroatoms. The molecule has 1 unspecified atom stereocenters. The first-order valence-electron chi connectivity index (χ1n) is 9.07. The van der Waals surface area contributed by atoms with E-state index >= 15 is 0 Å². The summed E-state index contributed by atoms with van der Waals surface area (Å²) in [6.45, 7) is 6.77. The number of nitrogens with one attached hydrogen (secondary N) is 1. The molecular weight excluding hydrogens is 438 g/mol. The van der Waals surface area contributed by atoms with E-state index in [4.69, 9.17) is 0 Å². The average molecular weight is 460 g/mol. The number of hydrogen-bond acceptors (Lipinski definition) is 5. The van der Waals surface area contributed by atoms with Crippen molar-refractivity contribution in [2.45, 2.75) is 44.1 Å². The van der Waals surface area contributed by atoms with Crippen LogP contribution >= 0.6 is 27.7 Å². The van der Waals surface area contributed by atoms with Crippen LogP contribution < -0.4 is 5.32 Å². The summed E-state index contributed by atoms with van der Waals surface area (Å²) >= 11 is 4.91. The van der Waals surface area contributed by atoms with E-state index in [9.17, 15) is 4.79 Å². The summed E-state index contributed by atoms with van der Waals surface area (Å²) in [6, 6.07) is 9.67. The Labute approximate surface area is 177 Å². The van der Waals surface area contributed by atoms with Crippen molar-refractivity contribution in [1.82, 2.24) is 19.7 Å². The van der Waals surface area contributed by atoms with Gasteiger partial charge in [0.05, 0.1) is 10.9 Å². The second-order valence-corrected chi connectivity index (χ2v) is 8.59. The first-order valence-corrected chi connectivity index (χ1v) is 10.7. The van der Waals surface area contributed by atoms with Gasteiger partial charge < -0.3 is 9.88 Å². The molecule has 6 nitrogen and oxygen atoms in total. The lowest BCUT2D eigenvalue weighted by molar-refractivity contribution is -0.115. The SMILES string of the molecule is CCCn1c(SC(C)C(=O)Nc2ccc(C)cc2Br)nnc1-c1ccncc1. The Morgan fingerprint density at radius 3 is 2.68 bits per heavy atom. The zero-order chi connectivity index (χ0) is 20.1. The molecule has 0 aliphatic heterocycles. The van der Waals surface area contributed by atoms with E-state index in [2.05, 4.69) is 47.9 Å². The molecule has 0 aliphatic carbocycles. The smallest absolute Gasteiger partial charge is 0.237 e. The van der Waals surface area contributed by atoms with Crippen LogP contribution in [0.2, 0.25) is 0 Å². The number of anilines is 1. The second-order valence-electron chi connectivity index (χ2n) is 6.43. The fourth-order valence-electron chi connectivity index (χ4n) is 2.68. The largest absolute Gasteiger partial charge is 0.324 e.